The van der Waals surface area contributed by atoms with Gasteiger partial charge in [0.2, 0.25) is 5.91 Å². The summed E-state index contributed by atoms with van der Waals surface area (Å²) in [6.45, 7) is 8.12. The van der Waals surface area contributed by atoms with Crippen LogP contribution in [0.1, 0.15) is 45.6 Å². The zero-order valence-corrected chi connectivity index (χ0v) is 11.5. The second-order valence-corrected chi connectivity index (χ2v) is 4.36. The van der Waals surface area contributed by atoms with E-state index in [4.69, 9.17) is 5.73 Å². The molecular weight excluding hydrogens is 210 g/mol. The third-order valence-electron chi connectivity index (χ3n) is 3.49. The zero-order chi connectivity index (χ0) is 13.3. The van der Waals surface area contributed by atoms with E-state index in [2.05, 4.69) is 19.1 Å². The van der Waals surface area contributed by atoms with Gasteiger partial charge in [-0.1, -0.05) is 56.7 Å². The Morgan fingerprint density at radius 3 is 1.59 bits per heavy atom. The van der Waals surface area contributed by atoms with Crippen LogP contribution >= 0.6 is 0 Å². The Balaban J connectivity index is 0.000000318. The number of aryl methyl sites for hydroxylation is 1. The molecule has 2 heteroatoms. The molecule has 0 aromatic heterocycles. The van der Waals surface area contributed by atoms with E-state index in [9.17, 15) is 4.79 Å². The van der Waals surface area contributed by atoms with Gasteiger partial charge in [0.15, 0.2) is 0 Å². The van der Waals surface area contributed by atoms with Crippen LogP contribution in [0.4, 0.5) is 0 Å². The largest absolute Gasteiger partial charge is 0.369 e. The lowest BCUT2D eigenvalue weighted by Crippen LogP contribution is -2.35. The van der Waals surface area contributed by atoms with Gasteiger partial charge in [-0.15, -0.1) is 0 Å². The van der Waals surface area contributed by atoms with Crippen molar-refractivity contribution in [1.29, 1.82) is 0 Å². The van der Waals surface area contributed by atoms with Crippen molar-refractivity contribution in [3.8, 4) is 0 Å². The summed E-state index contributed by atoms with van der Waals surface area (Å²) in [5.74, 6) is -0.153. The Labute approximate surface area is 105 Å². The fourth-order valence-corrected chi connectivity index (χ4v) is 1.81. The van der Waals surface area contributed by atoms with Crippen molar-refractivity contribution in [3.05, 3.63) is 35.9 Å². The molecule has 0 spiro atoms. The number of hydrogen-bond acceptors (Lipinski definition) is 1. The minimum absolute atomic E-state index is 0.153. The lowest BCUT2D eigenvalue weighted by Gasteiger charge is -2.25. The van der Waals surface area contributed by atoms with Crippen molar-refractivity contribution >= 4 is 5.91 Å². The number of rotatable bonds is 4. The SMILES string of the molecule is CCC(CC)(CC)C(N)=O.Cc1ccccc1. The van der Waals surface area contributed by atoms with Gasteiger partial charge in [0, 0.05) is 5.41 Å². The summed E-state index contributed by atoms with van der Waals surface area (Å²) in [5.41, 5.74) is 6.35. The van der Waals surface area contributed by atoms with E-state index in [1.165, 1.54) is 5.56 Å². The predicted molar refractivity (Wildman–Crippen MR) is 73.7 cm³/mol. The van der Waals surface area contributed by atoms with Crippen molar-refractivity contribution in [3.63, 3.8) is 0 Å². The van der Waals surface area contributed by atoms with Gasteiger partial charge in [-0.2, -0.15) is 0 Å². The van der Waals surface area contributed by atoms with Crippen molar-refractivity contribution in [2.45, 2.75) is 47.0 Å². The molecule has 0 fully saturated rings. The van der Waals surface area contributed by atoms with Gasteiger partial charge in [-0.05, 0) is 26.2 Å². The first-order chi connectivity index (χ1) is 8.02. The molecule has 1 rings (SSSR count). The molecule has 2 nitrogen and oxygen atoms in total. The Kier molecular flexibility index (Phi) is 7.27. The molecule has 17 heavy (non-hydrogen) atoms. The second-order valence-electron chi connectivity index (χ2n) is 4.36. The average molecular weight is 235 g/mol. The molecule has 0 radical (unpaired) electrons. The summed E-state index contributed by atoms with van der Waals surface area (Å²) in [5, 5.41) is 0. The maximum Gasteiger partial charge on any atom is 0.223 e. The lowest BCUT2D eigenvalue weighted by molar-refractivity contribution is -0.128. The van der Waals surface area contributed by atoms with E-state index in [-0.39, 0.29) is 11.3 Å². The first-order valence-corrected chi connectivity index (χ1v) is 6.34. The van der Waals surface area contributed by atoms with Crippen LogP contribution in [-0.4, -0.2) is 5.91 Å². The molecule has 0 aliphatic carbocycles. The van der Waals surface area contributed by atoms with Crippen LogP contribution in [-0.2, 0) is 4.79 Å². The van der Waals surface area contributed by atoms with E-state index >= 15 is 0 Å². The number of benzene rings is 1. The lowest BCUT2D eigenvalue weighted by atomic mass is 9.79. The molecule has 0 saturated heterocycles. The summed E-state index contributed by atoms with van der Waals surface area (Å²) < 4.78 is 0. The Morgan fingerprint density at radius 2 is 1.47 bits per heavy atom. The van der Waals surface area contributed by atoms with E-state index in [0.29, 0.717) is 0 Å². The minimum atomic E-state index is -0.236. The molecule has 0 aliphatic rings. The molecule has 0 atom stereocenters. The van der Waals surface area contributed by atoms with Crippen LogP contribution in [0.15, 0.2) is 30.3 Å². The van der Waals surface area contributed by atoms with Crippen molar-refractivity contribution in [1.82, 2.24) is 0 Å². The van der Waals surface area contributed by atoms with Gasteiger partial charge in [0.25, 0.3) is 0 Å². The van der Waals surface area contributed by atoms with Gasteiger partial charge in [0.05, 0.1) is 0 Å². The average Bonchev–Trinajstić information content (AvgIpc) is 2.33. The highest BCUT2D eigenvalue weighted by Crippen LogP contribution is 2.29. The maximum absolute atomic E-state index is 10.9. The van der Waals surface area contributed by atoms with E-state index in [0.717, 1.165) is 19.3 Å². The molecule has 96 valence electrons. The molecule has 0 aliphatic heterocycles. The van der Waals surface area contributed by atoms with Crippen LogP contribution in [0, 0.1) is 12.3 Å². The smallest absolute Gasteiger partial charge is 0.223 e. The van der Waals surface area contributed by atoms with Crippen LogP contribution in [0.2, 0.25) is 0 Å². The Hall–Kier alpha value is -1.31. The van der Waals surface area contributed by atoms with Crippen LogP contribution in [0.5, 0.6) is 0 Å². The molecule has 1 aromatic rings. The molecule has 1 amide bonds. The molecule has 0 saturated carbocycles. The Bertz CT molecular complexity index is 307. The van der Waals surface area contributed by atoms with E-state index in [1.807, 2.05) is 39.0 Å². The number of hydrogen-bond donors (Lipinski definition) is 1. The normalized spacial score (nSPS) is 10.4. The van der Waals surface area contributed by atoms with Gasteiger partial charge in [-0.25, -0.2) is 0 Å². The molecule has 0 bridgehead atoms. The van der Waals surface area contributed by atoms with Crippen LogP contribution in [0.25, 0.3) is 0 Å². The number of carbonyl (C=O) groups is 1. The summed E-state index contributed by atoms with van der Waals surface area (Å²) in [6.07, 6.45) is 2.57. The summed E-state index contributed by atoms with van der Waals surface area (Å²) >= 11 is 0. The molecule has 2 N–H and O–H groups in total. The number of primary amides is 1. The van der Waals surface area contributed by atoms with Crippen molar-refractivity contribution < 1.29 is 4.79 Å². The van der Waals surface area contributed by atoms with E-state index in [1.54, 1.807) is 0 Å². The fourth-order valence-electron chi connectivity index (χ4n) is 1.81. The first-order valence-electron chi connectivity index (χ1n) is 6.34. The third-order valence-corrected chi connectivity index (χ3v) is 3.49. The maximum atomic E-state index is 10.9. The number of carbonyl (C=O) groups excluding carboxylic acids is 1. The zero-order valence-electron chi connectivity index (χ0n) is 11.5. The summed E-state index contributed by atoms with van der Waals surface area (Å²) in [6, 6.07) is 10.3. The van der Waals surface area contributed by atoms with Gasteiger partial charge < -0.3 is 5.73 Å². The van der Waals surface area contributed by atoms with Crippen molar-refractivity contribution in [2.75, 3.05) is 0 Å². The highest BCUT2D eigenvalue weighted by molar-refractivity contribution is 5.80. The highest BCUT2D eigenvalue weighted by Gasteiger charge is 2.29. The van der Waals surface area contributed by atoms with Gasteiger partial charge in [-0.3, -0.25) is 4.79 Å². The molecular formula is C15H25NO. The van der Waals surface area contributed by atoms with Gasteiger partial charge >= 0.3 is 0 Å². The quantitative estimate of drug-likeness (QED) is 0.850. The summed E-state index contributed by atoms with van der Waals surface area (Å²) in [7, 11) is 0. The monoisotopic (exact) mass is 235 g/mol. The van der Waals surface area contributed by atoms with Crippen LogP contribution < -0.4 is 5.73 Å². The topological polar surface area (TPSA) is 43.1 Å². The molecule has 0 heterocycles. The summed E-state index contributed by atoms with van der Waals surface area (Å²) in [4.78, 5) is 10.9. The predicted octanol–water partition coefficient (Wildman–Crippen LogP) is 3.68. The first kappa shape index (κ1) is 15.7. The molecule has 0 unspecified atom stereocenters. The fraction of sp³-hybridized carbons (Fsp3) is 0.533. The highest BCUT2D eigenvalue weighted by atomic mass is 16.1. The Morgan fingerprint density at radius 1 is 1.06 bits per heavy atom. The van der Waals surface area contributed by atoms with E-state index < -0.39 is 0 Å². The number of nitrogens with two attached hydrogens (primary N) is 1. The number of amides is 1. The van der Waals surface area contributed by atoms with Crippen molar-refractivity contribution in [2.24, 2.45) is 11.1 Å². The van der Waals surface area contributed by atoms with Crippen LogP contribution in [0.3, 0.4) is 0 Å². The third kappa shape index (κ3) is 5.03. The van der Waals surface area contributed by atoms with Gasteiger partial charge in [0.1, 0.15) is 0 Å². The molecule has 1 aromatic carbocycles. The standard InChI is InChI=1S/C8H17NO.C7H8/c1-4-8(5-2,6-3)7(9)10;1-7-5-3-2-4-6-7/h4-6H2,1-3H3,(H2,9,10);2-6H,1H3. The second kappa shape index (κ2) is 7.88. The minimum Gasteiger partial charge on any atom is -0.369 e.